The Morgan fingerprint density at radius 3 is 2.02 bits per heavy atom. The molecule has 10 nitrogen and oxygen atoms in total. The number of fused-ring (bicyclic) bond motifs is 4. The zero-order chi connectivity index (χ0) is 32.3. The molecule has 1 aliphatic carbocycles. The average molecular weight is 611 g/mol. The Kier molecular flexibility index (Phi) is 6.16. The fourth-order valence-electron chi connectivity index (χ4n) is 7.89. The van der Waals surface area contributed by atoms with Gasteiger partial charge in [0.25, 0.3) is 0 Å². The number of phenols is 1. The van der Waals surface area contributed by atoms with E-state index >= 15 is 0 Å². The van der Waals surface area contributed by atoms with Crippen LogP contribution in [0.1, 0.15) is 51.2 Å². The van der Waals surface area contributed by atoms with Crippen LogP contribution >= 0.6 is 0 Å². The Bertz CT molecular complexity index is 2270. The van der Waals surface area contributed by atoms with Crippen LogP contribution in [-0.4, -0.2) is 55.5 Å². The van der Waals surface area contributed by atoms with Gasteiger partial charge in [0, 0.05) is 56.8 Å². The molecule has 0 saturated carbocycles. The van der Waals surface area contributed by atoms with Crippen LogP contribution in [0.4, 0.5) is 11.4 Å². The number of benzene rings is 5. The Labute approximate surface area is 257 Å². The molecule has 0 saturated heterocycles. The third kappa shape index (κ3) is 3.57. The van der Waals surface area contributed by atoms with Crippen molar-refractivity contribution >= 4 is 66.3 Å². The first kappa shape index (κ1) is 28.9. The second kappa shape index (κ2) is 9.58. The molecule has 2 aliphatic rings. The summed E-state index contributed by atoms with van der Waals surface area (Å²) in [5.41, 5.74) is 1.71. The van der Waals surface area contributed by atoms with Gasteiger partial charge in [-0.25, -0.2) is 0 Å². The van der Waals surface area contributed by atoms with E-state index in [9.17, 15) is 24.6 Å². The van der Waals surface area contributed by atoms with Crippen LogP contribution in [0, 0.1) is 0 Å². The molecule has 0 radical (unpaired) electrons. The molecule has 45 heavy (non-hydrogen) atoms. The van der Waals surface area contributed by atoms with Crippen molar-refractivity contribution in [3.8, 4) is 23.0 Å². The summed E-state index contributed by atoms with van der Waals surface area (Å²) in [6, 6.07) is 2.53. The fourth-order valence-corrected chi connectivity index (χ4v) is 7.89. The SMILES string of the molecule is COc1c(O)c2c(=O)cc(OC)c3c4c(OC)cc(=O)c5c6c(c7c(c(c1C(C(C)=O)C(C)=C7)c23)c54)NC(CCO)C(C)(C)N6. The highest BCUT2D eigenvalue weighted by molar-refractivity contribution is 6.41. The van der Waals surface area contributed by atoms with Crippen molar-refractivity contribution < 1.29 is 29.2 Å². The molecule has 0 amide bonds. The topological polar surface area (TPSA) is 143 Å². The number of Topliss-reactive ketones (excluding diaryl/α,β-unsaturated/α-hetero) is 1. The summed E-state index contributed by atoms with van der Waals surface area (Å²) in [5.74, 6) is -0.846. The van der Waals surface area contributed by atoms with Crippen molar-refractivity contribution in [3.63, 3.8) is 0 Å². The second-order valence-corrected chi connectivity index (χ2v) is 12.6. The molecule has 0 spiro atoms. The van der Waals surface area contributed by atoms with Gasteiger partial charge in [0.2, 0.25) is 0 Å². The number of aliphatic hydroxyl groups is 1. The number of anilines is 2. The number of rotatable bonds is 6. The highest BCUT2D eigenvalue weighted by Gasteiger charge is 2.41. The molecule has 1 heterocycles. The van der Waals surface area contributed by atoms with Crippen molar-refractivity contribution in [2.45, 2.75) is 51.6 Å². The third-order valence-electron chi connectivity index (χ3n) is 9.74. The van der Waals surface area contributed by atoms with Gasteiger partial charge in [0.1, 0.15) is 17.3 Å². The molecule has 1 aliphatic heterocycles. The van der Waals surface area contributed by atoms with E-state index in [1.54, 1.807) is 0 Å². The van der Waals surface area contributed by atoms with Crippen molar-refractivity contribution in [1.29, 1.82) is 0 Å². The van der Waals surface area contributed by atoms with Gasteiger partial charge < -0.3 is 35.1 Å². The van der Waals surface area contributed by atoms with E-state index in [2.05, 4.69) is 10.6 Å². The zero-order valence-electron chi connectivity index (χ0n) is 26.1. The minimum absolute atomic E-state index is 0.0179. The van der Waals surface area contributed by atoms with Crippen LogP contribution in [0.15, 0.2) is 27.3 Å². The first-order chi connectivity index (χ1) is 21.4. The molecule has 0 fully saturated rings. The summed E-state index contributed by atoms with van der Waals surface area (Å²) in [5, 5.41) is 32.5. The summed E-state index contributed by atoms with van der Waals surface area (Å²) in [7, 11) is 4.33. The van der Waals surface area contributed by atoms with Crippen molar-refractivity contribution in [2.24, 2.45) is 0 Å². The fraction of sp³-hybridized carbons (Fsp3) is 0.343. The van der Waals surface area contributed by atoms with Gasteiger partial charge in [-0.05, 0) is 39.5 Å². The lowest BCUT2D eigenvalue weighted by molar-refractivity contribution is -0.117. The number of methoxy groups -OCH3 is 3. The summed E-state index contributed by atoms with van der Waals surface area (Å²) in [6.07, 6.45) is 2.37. The van der Waals surface area contributed by atoms with E-state index in [1.807, 2.05) is 26.8 Å². The molecule has 2 atom stereocenters. The monoisotopic (exact) mass is 610 g/mol. The molecule has 10 heteroatoms. The number of hydrogen-bond acceptors (Lipinski definition) is 10. The van der Waals surface area contributed by atoms with Gasteiger partial charge in [-0.2, -0.15) is 0 Å². The number of ether oxygens (including phenoxy) is 3. The molecule has 0 aromatic heterocycles. The number of nitrogens with one attached hydrogen (secondary N) is 2. The molecular formula is C35H34N2O8. The highest BCUT2D eigenvalue weighted by atomic mass is 16.5. The van der Waals surface area contributed by atoms with E-state index in [0.717, 1.165) is 0 Å². The van der Waals surface area contributed by atoms with Crippen molar-refractivity contribution in [2.75, 3.05) is 38.6 Å². The summed E-state index contributed by atoms with van der Waals surface area (Å²) >= 11 is 0. The summed E-state index contributed by atoms with van der Waals surface area (Å²) in [4.78, 5) is 41.5. The van der Waals surface area contributed by atoms with E-state index in [1.165, 1.54) is 40.4 Å². The minimum Gasteiger partial charge on any atom is -0.504 e. The molecular weight excluding hydrogens is 576 g/mol. The first-order valence-corrected chi connectivity index (χ1v) is 14.8. The number of carbonyl (C=O) groups excluding carboxylic acids is 1. The Hall–Kier alpha value is -4.83. The predicted octanol–water partition coefficient (Wildman–Crippen LogP) is 5.08. The average Bonchev–Trinajstić information content (AvgIpc) is 3.11. The number of aliphatic hydroxyl groups excluding tert-OH is 1. The van der Waals surface area contributed by atoms with Crippen LogP contribution in [0.25, 0.3) is 49.2 Å². The molecule has 5 aromatic rings. The second-order valence-electron chi connectivity index (χ2n) is 12.6. The zero-order valence-corrected chi connectivity index (χ0v) is 26.1. The molecule has 4 N–H and O–H groups in total. The first-order valence-electron chi connectivity index (χ1n) is 14.8. The van der Waals surface area contributed by atoms with E-state index in [4.69, 9.17) is 14.2 Å². The largest absolute Gasteiger partial charge is 0.504 e. The lowest BCUT2D eigenvalue weighted by atomic mass is 9.79. The number of ketones is 1. The Morgan fingerprint density at radius 2 is 1.47 bits per heavy atom. The van der Waals surface area contributed by atoms with Crippen LogP contribution in [-0.2, 0) is 4.79 Å². The maximum absolute atomic E-state index is 14.2. The van der Waals surface area contributed by atoms with E-state index < -0.39 is 16.9 Å². The molecule has 232 valence electrons. The quantitative estimate of drug-likeness (QED) is 0.152. The Balaban J connectivity index is 1.93. The van der Waals surface area contributed by atoms with Gasteiger partial charge >= 0.3 is 0 Å². The molecule has 5 aromatic carbocycles. The van der Waals surface area contributed by atoms with Crippen molar-refractivity contribution in [1.82, 2.24) is 0 Å². The lowest BCUT2D eigenvalue weighted by Crippen LogP contribution is -2.52. The number of carbonyl (C=O) groups is 1. The van der Waals surface area contributed by atoms with Crippen LogP contribution < -0.4 is 35.7 Å². The minimum atomic E-state index is -0.836. The van der Waals surface area contributed by atoms with Gasteiger partial charge in [0.15, 0.2) is 22.4 Å². The van der Waals surface area contributed by atoms with Crippen LogP contribution in [0.3, 0.4) is 0 Å². The Morgan fingerprint density at radius 1 is 0.867 bits per heavy atom. The lowest BCUT2D eigenvalue weighted by Gasteiger charge is -2.43. The third-order valence-corrected chi connectivity index (χ3v) is 9.74. The number of phenolic OH excluding ortho intramolecular Hbond substituents is 1. The van der Waals surface area contributed by atoms with Gasteiger partial charge in [-0.1, -0.05) is 11.6 Å². The number of allylic oxidation sites excluding steroid dienone is 1. The van der Waals surface area contributed by atoms with E-state index in [-0.39, 0.29) is 52.2 Å². The standard InChI is InChI=1S/C35H34N2O8/c1-13-10-15-22-27-23(32-31(15)36-20(8-9-38)35(3,4)37-32)16(40)11-18(43-5)25(27)26-19(44-6)12-17(41)24-29(26)28(22)30(21(13)14(2)39)34(45-7)33(24)42/h10-12,20-21,36-38,42H,8-9H2,1-7H3. The maximum Gasteiger partial charge on any atom is 0.194 e. The van der Waals surface area contributed by atoms with E-state index in [0.29, 0.717) is 72.2 Å². The van der Waals surface area contributed by atoms with Gasteiger partial charge in [-0.3, -0.25) is 14.4 Å². The molecule has 2 unspecified atom stereocenters. The summed E-state index contributed by atoms with van der Waals surface area (Å²) in [6.45, 7) is 7.30. The van der Waals surface area contributed by atoms with Gasteiger partial charge in [-0.15, -0.1) is 0 Å². The van der Waals surface area contributed by atoms with Crippen molar-refractivity contribution in [3.05, 3.63) is 49.3 Å². The van der Waals surface area contributed by atoms with Crippen LogP contribution in [0.5, 0.6) is 23.0 Å². The maximum atomic E-state index is 14.2. The number of hydrogen-bond donors (Lipinski definition) is 4. The van der Waals surface area contributed by atoms with Crippen LogP contribution in [0.2, 0.25) is 0 Å². The smallest absolute Gasteiger partial charge is 0.194 e. The normalized spacial score (nSPS) is 18.5. The molecule has 0 bridgehead atoms. The number of aromatic hydroxyl groups is 1. The molecule has 7 rings (SSSR count). The van der Waals surface area contributed by atoms with Gasteiger partial charge in [0.05, 0.1) is 61.0 Å². The predicted molar refractivity (Wildman–Crippen MR) is 177 cm³/mol. The summed E-state index contributed by atoms with van der Waals surface area (Å²) < 4.78 is 17.5. The highest BCUT2D eigenvalue weighted by Crippen LogP contribution is 2.58.